The summed E-state index contributed by atoms with van der Waals surface area (Å²) in [5.41, 5.74) is -0.618. The van der Waals surface area contributed by atoms with Gasteiger partial charge in [0.15, 0.2) is 16.6 Å². The third-order valence-corrected chi connectivity index (χ3v) is 3.14. The van der Waals surface area contributed by atoms with Gasteiger partial charge in [-0.25, -0.2) is 13.6 Å². The van der Waals surface area contributed by atoms with Crippen LogP contribution in [0.5, 0.6) is 5.75 Å². The summed E-state index contributed by atoms with van der Waals surface area (Å²) in [6.07, 6.45) is -0.637. The lowest BCUT2D eigenvalue weighted by Gasteiger charge is -2.18. The maximum absolute atomic E-state index is 13.0. The van der Waals surface area contributed by atoms with E-state index in [2.05, 4.69) is 15.5 Å². The number of aromatic nitrogens is 2. The van der Waals surface area contributed by atoms with Gasteiger partial charge in [0.2, 0.25) is 5.13 Å². The van der Waals surface area contributed by atoms with Gasteiger partial charge in [0.25, 0.3) is 0 Å². The maximum atomic E-state index is 13.0. The highest BCUT2D eigenvalue weighted by Crippen LogP contribution is 2.20. The number of carbonyl (C=O) groups is 1. The van der Waals surface area contributed by atoms with E-state index >= 15 is 0 Å². The molecule has 0 aliphatic carbocycles. The number of hydrogen-bond donors (Lipinski definition) is 1. The van der Waals surface area contributed by atoms with Gasteiger partial charge < -0.3 is 9.47 Å². The van der Waals surface area contributed by atoms with Crippen molar-refractivity contribution in [3.63, 3.8) is 0 Å². The quantitative estimate of drug-likeness (QED) is 0.915. The molecule has 1 aromatic heterocycles. The van der Waals surface area contributed by atoms with E-state index in [0.29, 0.717) is 5.01 Å². The van der Waals surface area contributed by atoms with E-state index in [1.165, 1.54) is 6.07 Å². The molecule has 0 aliphatic heterocycles. The zero-order chi connectivity index (χ0) is 17.0. The van der Waals surface area contributed by atoms with Crippen LogP contribution in [-0.2, 0) is 11.3 Å². The molecule has 0 spiro atoms. The molecule has 1 amide bonds. The molecule has 1 aromatic carbocycles. The minimum Gasteiger partial charge on any atom is -0.486 e. The van der Waals surface area contributed by atoms with Gasteiger partial charge in [-0.05, 0) is 32.9 Å². The highest BCUT2D eigenvalue weighted by Gasteiger charge is 2.17. The molecule has 1 heterocycles. The van der Waals surface area contributed by atoms with Gasteiger partial charge in [0, 0.05) is 6.07 Å². The van der Waals surface area contributed by atoms with Crippen LogP contribution in [0, 0.1) is 11.6 Å². The Kier molecular flexibility index (Phi) is 5.09. The Morgan fingerprint density at radius 1 is 1.26 bits per heavy atom. The molecular weight excluding hydrogens is 328 g/mol. The third-order valence-electron chi connectivity index (χ3n) is 2.33. The van der Waals surface area contributed by atoms with Crippen LogP contribution in [0.15, 0.2) is 18.2 Å². The molecule has 2 rings (SSSR count). The Labute approximate surface area is 135 Å². The molecule has 0 unspecified atom stereocenters. The number of hydrogen-bond acceptors (Lipinski definition) is 6. The van der Waals surface area contributed by atoms with Crippen LogP contribution in [0.2, 0.25) is 0 Å². The minimum absolute atomic E-state index is 0.0126. The first-order valence-corrected chi connectivity index (χ1v) is 7.45. The number of ether oxygens (including phenoxy) is 2. The second-order valence-corrected chi connectivity index (χ2v) is 6.55. The van der Waals surface area contributed by atoms with E-state index in [0.717, 1.165) is 23.5 Å². The van der Waals surface area contributed by atoms with Crippen molar-refractivity contribution in [2.24, 2.45) is 0 Å². The highest BCUT2D eigenvalue weighted by molar-refractivity contribution is 7.15. The molecule has 0 atom stereocenters. The zero-order valence-electron chi connectivity index (χ0n) is 12.7. The lowest BCUT2D eigenvalue weighted by atomic mass is 10.2. The fraction of sp³-hybridized carbons (Fsp3) is 0.357. The van der Waals surface area contributed by atoms with Crippen molar-refractivity contribution < 1.29 is 23.0 Å². The Balaban J connectivity index is 1.89. The number of benzene rings is 1. The standard InChI is InChI=1S/C14H15F2N3O3S/c1-14(2,3)22-13(20)17-12-19-18-11(23-12)7-21-8-4-5-9(15)10(16)6-8/h4-6H,7H2,1-3H3,(H,17,19,20). The van der Waals surface area contributed by atoms with Crippen LogP contribution in [0.25, 0.3) is 0 Å². The number of halogens is 2. The Bertz CT molecular complexity index is 701. The van der Waals surface area contributed by atoms with Gasteiger partial charge in [-0.15, -0.1) is 10.2 Å². The first-order valence-electron chi connectivity index (χ1n) is 6.63. The number of anilines is 1. The van der Waals surface area contributed by atoms with Crippen molar-refractivity contribution >= 4 is 22.6 Å². The predicted octanol–water partition coefficient (Wildman–Crippen LogP) is 3.74. The third kappa shape index (κ3) is 5.44. The molecule has 23 heavy (non-hydrogen) atoms. The summed E-state index contributed by atoms with van der Waals surface area (Å²) in [5.74, 6) is -1.77. The van der Waals surface area contributed by atoms with Crippen molar-refractivity contribution in [3.05, 3.63) is 34.8 Å². The summed E-state index contributed by atoms with van der Waals surface area (Å²) in [7, 11) is 0. The second kappa shape index (κ2) is 6.86. The largest absolute Gasteiger partial charge is 0.486 e. The van der Waals surface area contributed by atoms with Gasteiger partial charge in [-0.3, -0.25) is 5.32 Å². The molecular formula is C14H15F2N3O3S. The minimum atomic E-state index is -0.993. The first kappa shape index (κ1) is 17.1. The summed E-state index contributed by atoms with van der Waals surface area (Å²) >= 11 is 1.09. The fourth-order valence-electron chi connectivity index (χ4n) is 1.47. The molecule has 0 bridgehead atoms. The van der Waals surface area contributed by atoms with Crippen LogP contribution in [0.1, 0.15) is 25.8 Å². The van der Waals surface area contributed by atoms with Crippen LogP contribution in [0.3, 0.4) is 0 Å². The molecule has 2 aromatic rings. The molecule has 0 aliphatic rings. The number of nitrogens with one attached hydrogen (secondary N) is 1. The molecule has 0 saturated carbocycles. The van der Waals surface area contributed by atoms with Crippen LogP contribution >= 0.6 is 11.3 Å². The average Bonchev–Trinajstić information content (AvgIpc) is 2.85. The topological polar surface area (TPSA) is 73.3 Å². The Morgan fingerprint density at radius 3 is 2.65 bits per heavy atom. The fourth-order valence-corrected chi connectivity index (χ4v) is 2.10. The maximum Gasteiger partial charge on any atom is 0.414 e. The van der Waals surface area contributed by atoms with Crippen molar-refractivity contribution in [2.75, 3.05) is 5.32 Å². The Morgan fingerprint density at radius 2 is 2.00 bits per heavy atom. The van der Waals surface area contributed by atoms with Crippen LogP contribution in [-0.4, -0.2) is 21.9 Å². The van der Waals surface area contributed by atoms with Crippen molar-refractivity contribution in [1.29, 1.82) is 0 Å². The van der Waals surface area contributed by atoms with E-state index in [1.54, 1.807) is 20.8 Å². The van der Waals surface area contributed by atoms with Crippen LogP contribution in [0.4, 0.5) is 18.7 Å². The summed E-state index contributed by atoms with van der Waals surface area (Å²) in [6.45, 7) is 5.24. The lowest BCUT2D eigenvalue weighted by Crippen LogP contribution is -2.27. The van der Waals surface area contributed by atoms with E-state index in [9.17, 15) is 13.6 Å². The predicted molar refractivity (Wildman–Crippen MR) is 80.5 cm³/mol. The SMILES string of the molecule is CC(C)(C)OC(=O)Nc1nnc(COc2ccc(F)c(F)c2)s1. The van der Waals surface area contributed by atoms with E-state index < -0.39 is 23.3 Å². The zero-order valence-corrected chi connectivity index (χ0v) is 13.5. The molecule has 6 nitrogen and oxygen atoms in total. The number of carbonyl (C=O) groups excluding carboxylic acids is 1. The van der Waals surface area contributed by atoms with Gasteiger partial charge in [-0.2, -0.15) is 0 Å². The normalized spacial score (nSPS) is 11.2. The van der Waals surface area contributed by atoms with Crippen molar-refractivity contribution in [1.82, 2.24) is 10.2 Å². The molecule has 124 valence electrons. The Hall–Kier alpha value is -2.29. The van der Waals surface area contributed by atoms with E-state index in [1.807, 2.05) is 0 Å². The van der Waals surface area contributed by atoms with Gasteiger partial charge >= 0.3 is 6.09 Å². The number of nitrogens with zero attached hydrogens (tertiary/aromatic N) is 2. The van der Waals surface area contributed by atoms with Gasteiger partial charge in [0.05, 0.1) is 0 Å². The van der Waals surface area contributed by atoms with Crippen molar-refractivity contribution in [3.8, 4) is 5.75 Å². The summed E-state index contributed by atoms with van der Waals surface area (Å²) in [5, 5.41) is 10.8. The second-order valence-electron chi connectivity index (χ2n) is 5.49. The summed E-state index contributed by atoms with van der Waals surface area (Å²) < 4.78 is 36.2. The lowest BCUT2D eigenvalue weighted by molar-refractivity contribution is 0.0636. The van der Waals surface area contributed by atoms with Gasteiger partial charge in [-0.1, -0.05) is 11.3 Å². The molecule has 0 fully saturated rings. The first-order chi connectivity index (χ1) is 10.7. The highest BCUT2D eigenvalue weighted by atomic mass is 32.1. The van der Waals surface area contributed by atoms with Crippen molar-refractivity contribution in [2.45, 2.75) is 33.0 Å². The number of rotatable bonds is 4. The number of amides is 1. The van der Waals surface area contributed by atoms with Crippen LogP contribution < -0.4 is 10.1 Å². The van der Waals surface area contributed by atoms with Gasteiger partial charge in [0.1, 0.15) is 18.0 Å². The molecule has 9 heteroatoms. The van der Waals surface area contributed by atoms with E-state index in [4.69, 9.17) is 9.47 Å². The molecule has 1 N–H and O–H groups in total. The molecule has 0 radical (unpaired) electrons. The van der Waals surface area contributed by atoms with E-state index in [-0.39, 0.29) is 17.5 Å². The monoisotopic (exact) mass is 343 g/mol. The summed E-state index contributed by atoms with van der Waals surface area (Å²) in [4.78, 5) is 11.6. The smallest absolute Gasteiger partial charge is 0.414 e. The average molecular weight is 343 g/mol. The molecule has 0 saturated heterocycles. The summed E-state index contributed by atoms with van der Waals surface area (Å²) in [6, 6.07) is 3.22.